The fraction of sp³-hybridized carbons (Fsp3) is 0.483. The van der Waals surface area contributed by atoms with Crippen LogP contribution in [0.15, 0.2) is 42.5 Å². The fourth-order valence-electron chi connectivity index (χ4n) is 4.23. The Bertz CT molecular complexity index is 1310. The predicted octanol–water partition coefficient (Wildman–Crippen LogP) is 4.63. The van der Waals surface area contributed by atoms with Gasteiger partial charge in [0.2, 0.25) is 11.8 Å². The van der Waals surface area contributed by atoms with E-state index in [1.807, 2.05) is 5.32 Å². The number of unbranched alkanes of at least 4 members (excludes halogenated alkanes) is 1. The first kappa shape index (κ1) is 38.0. The van der Waals surface area contributed by atoms with E-state index in [1.54, 1.807) is 0 Å². The standard InChI is InChI=1S/C29H35Cl2F5N4O5/c1-15(2)22(24(41)29(34,35)36)39-26(43)23(16-7-10-18(45-3)11-8-16)40-25(42)21(6-4-5-13-37)38-27(44)28(32,33)17-9-12-19(30)20(31)14-17/h7-12,14-15,21-24,41H,4-6,13,37H2,1-3H3,(H,38,44)(H,39,43)(H,40,42). The normalized spacial score (nSPS) is 14.7. The summed E-state index contributed by atoms with van der Waals surface area (Å²) in [4.78, 5) is 39.7. The molecule has 4 unspecified atom stereocenters. The van der Waals surface area contributed by atoms with Crippen LogP contribution < -0.4 is 26.4 Å². The molecule has 0 radical (unpaired) electrons. The second-order valence-electron chi connectivity index (χ2n) is 10.5. The van der Waals surface area contributed by atoms with E-state index < -0.39 is 65.5 Å². The van der Waals surface area contributed by atoms with Gasteiger partial charge in [-0.2, -0.15) is 22.0 Å². The molecule has 2 rings (SSSR count). The number of rotatable bonds is 15. The summed E-state index contributed by atoms with van der Waals surface area (Å²) in [6.07, 6.45) is -7.61. The Kier molecular flexibility index (Phi) is 13.8. The Morgan fingerprint density at radius 1 is 0.911 bits per heavy atom. The number of hydrogen-bond donors (Lipinski definition) is 5. The Labute approximate surface area is 267 Å². The molecular formula is C29H35Cl2F5N4O5. The number of ether oxygens (including phenoxy) is 1. The van der Waals surface area contributed by atoms with E-state index in [-0.39, 0.29) is 35.0 Å². The van der Waals surface area contributed by atoms with Crippen molar-refractivity contribution < 1.29 is 46.2 Å². The van der Waals surface area contributed by atoms with Gasteiger partial charge in [-0.25, -0.2) is 0 Å². The minimum absolute atomic E-state index is 0.0269. The van der Waals surface area contributed by atoms with Gasteiger partial charge in [-0.3, -0.25) is 14.4 Å². The molecular weight excluding hydrogens is 650 g/mol. The fourth-order valence-corrected chi connectivity index (χ4v) is 4.53. The zero-order valence-electron chi connectivity index (χ0n) is 24.6. The number of carbonyl (C=O) groups is 3. The van der Waals surface area contributed by atoms with Crippen LogP contribution >= 0.6 is 23.2 Å². The zero-order valence-corrected chi connectivity index (χ0v) is 26.1. The van der Waals surface area contributed by atoms with E-state index in [0.717, 1.165) is 18.2 Å². The van der Waals surface area contributed by atoms with E-state index in [9.17, 15) is 32.7 Å². The number of nitrogens with two attached hydrogens (primary N) is 1. The van der Waals surface area contributed by atoms with Gasteiger partial charge in [-0.1, -0.05) is 55.2 Å². The molecule has 9 nitrogen and oxygen atoms in total. The quantitative estimate of drug-likeness (QED) is 0.137. The van der Waals surface area contributed by atoms with Crippen LogP contribution in [0.4, 0.5) is 22.0 Å². The van der Waals surface area contributed by atoms with Gasteiger partial charge >= 0.3 is 12.1 Å². The molecule has 16 heteroatoms. The summed E-state index contributed by atoms with van der Waals surface area (Å²) >= 11 is 11.6. The molecule has 0 saturated heterocycles. The van der Waals surface area contributed by atoms with Gasteiger partial charge in [0.05, 0.1) is 23.2 Å². The number of alkyl halides is 5. The topological polar surface area (TPSA) is 143 Å². The molecule has 0 spiro atoms. The second-order valence-corrected chi connectivity index (χ2v) is 11.3. The van der Waals surface area contributed by atoms with Gasteiger partial charge in [0.1, 0.15) is 17.8 Å². The van der Waals surface area contributed by atoms with Crippen molar-refractivity contribution in [2.24, 2.45) is 11.7 Å². The first-order chi connectivity index (χ1) is 20.9. The molecule has 0 saturated carbocycles. The highest BCUT2D eigenvalue weighted by atomic mass is 35.5. The van der Waals surface area contributed by atoms with Crippen molar-refractivity contribution in [1.29, 1.82) is 0 Å². The summed E-state index contributed by atoms with van der Waals surface area (Å²) in [6.45, 7) is 2.88. The lowest BCUT2D eigenvalue weighted by Gasteiger charge is -2.31. The zero-order chi connectivity index (χ0) is 34.1. The van der Waals surface area contributed by atoms with Gasteiger partial charge in [-0.05, 0) is 61.6 Å². The van der Waals surface area contributed by atoms with E-state index in [0.29, 0.717) is 12.2 Å². The Morgan fingerprint density at radius 2 is 1.53 bits per heavy atom. The largest absolute Gasteiger partial charge is 0.497 e. The van der Waals surface area contributed by atoms with Crippen LogP contribution in [-0.4, -0.2) is 60.8 Å². The molecule has 6 N–H and O–H groups in total. The summed E-state index contributed by atoms with van der Waals surface area (Å²) in [5, 5.41) is 16.1. The van der Waals surface area contributed by atoms with E-state index in [4.69, 9.17) is 33.7 Å². The number of methoxy groups -OCH3 is 1. The Morgan fingerprint density at radius 3 is 2.04 bits per heavy atom. The number of benzene rings is 2. The smallest absolute Gasteiger partial charge is 0.416 e. The molecule has 0 aliphatic carbocycles. The molecule has 250 valence electrons. The third-order valence-electron chi connectivity index (χ3n) is 6.84. The van der Waals surface area contributed by atoms with Crippen LogP contribution in [-0.2, 0) is 20.3 Å². The van der Waals surface area contributed by atoms with Crippen LogP contribution in [0.3, 0.4) is 0 Å². The lowest BCUT2D eigenvalue weighted by Crippen LogP contribution is -2.56. The first-order valence-corrected chi connectivity index (χ1v) is 14.5. The van der Waals surface area contributed by atoms with Crippen LogP contribution in [0, 0.1) is 5.92 Å². The van der Waals surface area contributed by atoms with Crippen LogP contribution in [0.25, 0.3) is 0 Å². The predicted molar refractivity (Wildman–Crippen MR) is 158 cm³/mol. The lowest BCUT2D eigenvalue weighted by molar-refractivity contribution is -0.215. The monoisotopic (exact) mass is 684 g/mol. The van der Waals surface area contributed by atoms with Crippen molar-refractivity contribution >= 4 is 40.9 Å². The Hall–Kier alpha value is -3.20. The average molecular weight is 686 g/mol. The molecule has 0 fully saturated rings. The number of halogens is 7. The molecule has 0 bridgehead atoms. The average Bonchev–Trinajstić information content (AvgIpc) is 2.98. The molecule has 0 aliphatic rings. The van der Waals surface area contributed by atoms with Crippen LogP contribution in [0.5, 0.6) is 5.75 Å². The third kappa shape index (κ3) is 10.4. The van der Waals surface area contributed by atoms with Gasteiger partial charge in [0, 0.05) is 5.56 Å². The Balaban J connectivity index is 2.43. The van der Waals surface area contributed by atoms with Crippen molar-refractivity contribution in [3.05, 3.63) is 63.6 Å². The molecule has 0 aliphatic heterocycles. The summed E-state index contributed by atoms with van der Waals surface area (Å²) in [5.74, 6) is -8.78. The molecule has 2 aromatic rings. The lowest BCUT2D eigenvalue weighted by atomic mass is 9.96. The highest BCUT2D eigenvalue weighted by Gasteiger charge is 2.46. The SMILES string of the molecule is COc1ccc(C(NC(=O)C(CCCCN)NC(=O)C(F)(F)c2ccc(Cl)c(Cl)c2)C(=O)NC(C(C)C)C(O)C(F)(F)F)cc1. The minimum Gasteiger partial charge on any atom is -0.497 e. The summed E-state index contributed by atoms with van der Waals surface area (Å²) in [7, 11) is 1.37. The van der Waals surface area contributed by atoms with Gasteiger partial charge in [0.15, 0.2) is 6.10 Å². The number of aliphatic hydroxyl groups is 1. The number of aliphatic hydroxyl groups excluding tert-OH is 1. The van der Waals surface area contributed by atoms with E-state index >= 15 is 8.78 Å². The number of nitrogens with one attached hydrogen (secondary N) is 3. The molecule has 45 heavy (non-hydrogen) atoms. The molecule has 0 heterocycles. The van der Waals surface area contributed by atoms with Gasteiger partial charge in [-0.15, -0.1) is 0 Å². The molecule has 3 amide bonds. The van der Waals surface area contributed by atoms with Crippen LogP contribution in [0.1, 0.15) is 50.3 Å². The van der Waals surface area contributed by atoms with Gasteiger partial charge < -0.3 is 31.5 Å². The maximum Gasteiger partial charge on any atom is 0.416 e. The van der Waals surface area contributed by atoms with Crippen molar-refractivity contribution in [2.45, 2.75) is 69.4 Å². The van der Waals surface area contributed by atoms with E-state index in [1.165, 1.54) is 45.2 Å². The number of carbonyl (C=O) groups excluding carboxylic acids is 3. The van der Waals surface area contributed by atoms with Gasteiger partial charge in [0.25, 0.3) is 5.91 Å². The van der Waals surface area contributed by atoms with Crippen molar-refractivity contribution in [3.63, 3.8) is 0 Å². The second kappa shape index (κ2) is 16.4. The third-order valence-corrected chi connectivity index (χ3v) is 7.58. The number of hydrogen-bond acceptors (Lipinski definition) is 6. The van der Waals surface area contributed by atoms with Crippen LogP contribution in [0.2, 0.25) is 10.0 Å². The molecule has 2 aromatic carbocycles. The number of amides is 3. The molecule has 0 aromatic heterocycles. The van der Waals surface area contributed by atoms with Crippen molar-refractivity contribution in [1.82, 2.24) is 16.0 Å². The van der Waals surface area contributed by atoms with Crippen molar-refractivity contribution in [3.8, 4) is 5.75 Å². The van der Waals surface area contributed by atoms with Crippen molar-refractivity contribution in [2.75, 3.05) is 13.7 Å². The highest BCUT2D eigenvalue weighted by Crippen LogP contribution is 2.33. The maximum absolute atomic E-state index is 15.1. The maximum atomic E-state index is 15.1. The highest BCUT2D eigenvalue weighted by molar-refractivity contribution is 6.42. The summed E-state index contributed by atoms with van der Waals surface area (Å²) in [6, 6.07) is 3.23. The molecule has 4 atom stereocenters. The van der Waals surface area contributed by atoms with E-state index in [2.05, 4.69) is 10.6 Å². The summed E-state index contributed by atoms with van der Waals surface area (Å²) < 4.78 is 75.4. The minimum atomic E-state index is -5.07. The summed E-state index contributed by atoms with van der Waals surface area (Å²) in [5.41, 5.74) is 4.80. The first-order valence-electron chi connectivity index (χ1n) is 13.8.